The minimum atomic E-state index is -0.690. The highest BCUT2D eigenvalue weighted by Gasteiger charge is 2.48. The maximum atomic E-state index is 6.89. The van der Waals surface area contributed by atoms with E-state index >= 15 is 0 Å². The number of hydrogen-bond acceptors (Lipinski definition) is 2. The number of benzene rings is 10. The molecule has 0 N–H and O–H groups in total. The lowest BCUT2D eigenvalue weighted by atomic mass is 9.67. The lowest BCUT2D eigenvalue weighted by Gasteiger charge is -2.35. The van der Waals surface area contributed by atoms with Crippen molar-refractivity contribution in [1.29, 1.82) is 0 Å². The molecule has 2 heteroatoms. The summed E-state index contributed by atoms with van der Waals surface area (Å²) in [4.78, 5) is 2.47. The Morgan fingerprint density at radius 1 is 0.348 bits per heavy atom. The Kier molecular flexibility index (Phi) is 8.51. The van der Waals surface area contributed by atoms with E-state index in [9.17, 15) is 0 Å². The van der Waals surface area contributed by atoms with Crippen molar-refractivity contribution in [2.45, 2.75) is 24.7 Å². The number of rotatable bonds is 7. The zero-order valence-corrected chi connectivity index (χ0v) is 36.9. The highest BCUT2D eigenvalue weighted by molar-refractivity contribution is 6.18. The van der Waals surface area contributed by atoms with Crippen molar-refractivity contribution in [3.8, 4) is 44.5 Å². The predicted octanol–water partition coefficient (Wildman–Crippen LogP) is 17.1. The quantitative estimate of drug-likeness (QED) is 0.159. The van der Waals surface area contributed by atoms with Crippen LogP contribution in [0, 0.1) is 0 Å². The first-order valence-electron chi connectivity index (χ1n) is 23.0. The van der Waals surface area contributed by atoms with Crippen LogP contribution in [0.25, 0.3) is 66.4 Å². The number of furan rings is 1. The predicted molar refractivity (Wildman–Crippen MR) is 274 cm³/mol. The van der Waals surface area contributed by atoms with Crippen LogP contribution < -0.4 is 4.90 Å². The second-order valence-electron chi connectivity index (χ2n) is 18.4. The van der Waals surface area contributed by atoms with Crippen molar-refractivity contribution in [3.63, 3.8) is 0 Å². The Labute approximate surface area is 385 Å². The van der Waals surface area contributed by atoms with Gasteiger partial charge in [-0.3, -0.25) is 0 Å². The van der Waals surface area contributed by atoms with Crippen LogP contribution in [0.4, 0.5) is 17.1 Å². The van der Waals surface area contributed by atoms with Crippen molar-refractivity contribution < 1.29 is 4.42 Å². The molecule has 0 unspecified atom stereocenters. The van der Waals surface area contributed by atoms with Gasteiger partial charge < -0.3 is 9.32 Å². The average molecular weight is 844 g/mol. The summed E-state index contributed by atoms with van der Waals surface area (Å²) in [5.74, 6) is 0. The van der Waals surface area contributed by atoms with E-state index in [2.05, 4.69) is 255 Å². The van der Waals surface area contributed by atoms with Gasteiger partial charge in [0.05, 0.1) is 5.41 Å². The van der Waals surface area contributed by atoms with Crippen LogP contribution in [0.2, 0.25) is 0 Å². The van der Waals surface area contributed by atoms with Crippen LogP contribution in [0.15, 0.2) is 241 Å². The first-order chi connectivity index (χ1) is 32.5. The van der Waals surface area contributed by atoms with Crippen molar-refractivity contribution in [2.24, 2.45) is 0 Å². The topological polar surface area (TPSA) is 16.4 Å². The molecule has 0 saturated carbocycles. The average Bonchev–Trinajstić information content (AvgIpc) is 3.97. The summed E-state index contributed by atoms with van der Waals surface area (Å²) in [6.45, 7) is 4.73. The molecule has 2 nitrogen and oxygen atoms in total. The minimum Gasteiger partial charge on any atom is -0.456 e. The summed E-state index contributed by atoms with van der Waals surface area (Å²) in [7, 11) is 0. The molecule has 0 aliphatic heterocycles. The Hall–Kier alpha value is -8.20. The lowest BCUT2D eigenvalue weighted by molar-refractivity contribution is 0.660. The maximum absolute atomic E-state index is 6.89. The van der Waals surface area contributed by atoms with Gasteiger partial charge in [-0.15, -0.1) is 0 Å². The van der Waals surface area contributed by atoms with Crippen LogP contribution in [0.3, 0.4) is 0 Å². The third kappa shape index (κ3) is 5.55. The molecule has 0 atom stereocenters. The first-order valence-corrected chi connectivity index (χ1v) is 23.0. The molecule has 0 spiro atoms. The van der Waals surface area contributed by atoms with Crippen molar-refractivity contribution in [3.05, 3.63) is 270 Å². The Bertz CT molecular complexity index is 3600. The Morgan fingerprint density at radius 2 is 0.864 bits per heavy atom. The third-order valence-electron chi connectivity index (χ3n) is 14.5. The van der Waals surface area contributed by atoms with Crippen molar-refractivity contribution in [2.75, 3.05) is 4.90 Å². The lowest BCUT2D eigenvalue weighted by Crippen LogP contribution is -2.28. The SMILES string of the molecule is CC1(C)c2ccccc2-c2ccc(N(c3ccc(-c4ccccc4)cc3)c3ccc4c(c3)C(c3ccccc3)(c3ccccc3)c3cc5oc6ccccc6c5c(-c5ccccc5)c3-4)cc21. The van der Waals surface area contributed by atoms with E-state index < -0.39 is 5.41 Å². The number of para-hydroxylation sites is 1. The third-order valence-corrected chi connectivity index (χ3v) is 14.5. The molecular formula is C64H45NO. The fourth-order valence-electron chi connectivity index (χ4n) is 11.6. The standard InChI is InChI=1S/C64H45NO/c1-63(2)54-29-17-15-27-50(54)51-37-35-48(39-55(51)63)65(47-33-31-43(32-34-47)42-19-7-3-8-20-42)49-36-38-52-56(40-49)64(45-23-11-5-12-24-45,46-25-13-6-14-26-46)57-41-59-62(53-28-16-18-30-58(53)66-59)60(61(52)57)44-21-9-4-10-22-44/h3-41H,1-2H3. The van der Waals surface area contributed by atoms with Gasteiger partial charge in [-0.25, -0.2) is 0 Å². The number of anilines is 3. The molecule has 0 amide bonds. The fraction of sp³-hybridized carbons (Fsp3) is 0.0625. The van der Waals surface area contributed by atoms with E-state index in [1.165, 1.54) is 77.9 Å². The summed E-state index contributed by atoms with van der Waals surface area (Å²) in [5, 5.41) is 2.26. The normalized spacial score (nSPS) is 13.8. The number of nitrogens with zero attached hydrogens (tertiary/aromatic N) is 1. The summed E-state index contributed by atoms with van der Waals surface area (Å²) in [6.07, 6.45) is 0. The second kappa shape index (κ2) is 14.7. The highest BCUT2D eigenvalue weighted by atomic mass is 16.3. The molecule has 11 aromatic rings. The largest absolute Gasteiger partial charge is 0.456 e. The molecule has 1 aromatic heterocycles. The van der Waals surface area contributed by atoms with Gasteiger partial charge in [0.25, 0.3) is 0 Å². The molecule has 66 heavy (non-hydrogen) atoms. The van der Waals surface area contributed by atoms with Crippen molar-refractivity contribution in [1.82, 2.24) is 0 Å². The van der Waals surface area contributed by atoms with E-state index in [0.29, 0.717) is 0 Å². The van der Waals surface area contributed by atoms with Crippen LogP contribution in [-0.2, 0) is 10.8 Å². The fourth-order valence-corrected chi connectivity index (χ4v) is 11.6. The molecule has 10 aromatic carbocycles. The van der Waals surface area contributed by atoms with E-state index in [4.69, 9.17) is 4.42 Å². The van der Waals surface area contributed by atoms with Gasteiger partial charge in [-0.1, -0.05) is 202 Å². The highest BCUT2D eigenvalue weighted by Crippen LogP contribution is 2.61. The summed E-state index contributed by atoms with van der Waals surface area (Å²) < 4.78 is 6.89. The van der Waals surface area contributed by atoms with Gasteiger partial charge in [0.2, 0.25) is 0 Å². The van der Waals surface area contributed by atoms with E-state index in [0.717, 1.165) is 39.0 Å². The zero-order valence-electron chi connectivity index (χ0n) is 36.9. The molecule has 0 radical (unpaired) electrons. The maximum Gasteiger partial charge on any atom is 0.136 e. The Balaban J connectivity index is 1.12. The van der Waals surface area contributed by atoms with Gasteiger partial charge in [-0.05, 0) is 121 Å². The number of fused-ring (bicyclic) bond motifs is 9. The van der Waals surface area contributed by atoms with Gasteiger partial charge in [0.1, 0.15) is 11.2 Å². The Morgan fingerprint density at radius 3 is 1.55 bits per heavy atom. The summed E-state index contributed by atoms with van der Waals surface area (Å²) >= 11 is 0. The van der Waals surface area contributed by atoms with Crippen molar-refractivity contribution >= 4 is 39.0 Å². The van der Waals surface area contributed by atoms with E-state index in [1.54, 1.807) is 0 Å². The van der Waals surface area contributed by atoms with Gasteiger partial charge in [0, 0.05) is 38.8 Å². The molecule has 1 heterocycles. The molecule has 0 bridgehead atoms. The molecule has 0 saturated heterocycles. The molecule has 0 fully saturated rings. The van der Waals surface area contributed by atoms with Gasteiger partial charge >= 0.3 is 0 Å². The summed E-state index contributed by atoms with van der Waals surface area (Å²) in [6, 6.07) is 87.0. The first kappa shape index (κ1) is 38.3. The number of hydrogen-bond donors (Lipinski definition) is 0. The van der Waals surface area contributed by atoms with Crippen LogP contribution in [-0.4, -0.2) is 0 Å². The minimum absolute atomic E-state index is 0.158. The van der Waals surface area contributed by atoms with E-state index in [1.807, 2.05) is 0 Å². The van der Waals surface area contributed by atoms with Crippen LogP contribution >= 0.6 is 0 Å². The zero-order chi connectivity index (χ0) is 44.0. The monoisotopic (exact) mass is 843 g/mol. The van der Waals surface area contributed by atoms with Gasteiger partial charge in [-0.2, -0.15) is 0 Å². The molecule has 13 rings (SSSR count). The van der Waals surface area contributed by atoms with Gasteiger partial charge in [0.15, 0.2) is 0 Å². The van der Waals surface area contributed by atoms with Crippen LogP contribution in [0.5, 0.6) is 0 Å². The molecule has 312 valence electrons. The smallest absolute Gasteiger partial charge is 0.136 e. The van der Waals surface area contributed by atoms with E-state index in [-0.39, 0.29) is 5.41 Å². The summed E-state index contributed by atoms with van der Waals surface area (Å²) in [5.41, 5.74) is 21.7. The second-order valence-corrected chi connectivity index (χ2v) is 18.4. The molecule has 2 aliphatic rings. The van der Waals surface area contributed by atoms with Crippen LogP contribution in [0.1, 0.15) is 47.2 Å². The molecular weight excluding hydrogens is 799 g/mol. The molecule has 2 aliphatic carbocycles.